The van der Waals surface area contributed by atoms with Crippen LogP contribution in [0.2, 0.25) is 0 Å². The van der Waals surface area contributed by atoms with E-state index in [0.29, 0.717) is 13.0 Å². The molecule has 1 aromatic carbocycles. The lowest BCUT2D eigenvalue weighted by Crippen LogP contribution is -2.16. The molecular formula is C14H21NO. The third kappa shape index (κ3) is 2.70. The Balaban J connectivity index is 2.97. The maximum absolute atomic E-state index is 12.0. The van der Waals surface area contributed by atoms with Crippen LogP contribution < -0.4 is 5.73 Å². The van der Waals surface area contributed by atoms with Crippen LogP contribution in [0.3, 0.4) is 0 Å². The minimum absolute atomic E-state index is 0.207. The maximum atomic E-state index is 12.0. The van der Waals surface area contributed by atoms with Crippen LogP contribution in [0.25, 0.3) is 0 Å². The van der Waals surface area contributed by atoms with Gasteiger partial charge in [-0.1, -0.05) is 19.1 Å². The monoisotopic (exact) mass is 219 g/mol. The summed E-state index contributed by atoms with van der Waals surface area (Å²) in [6.07, 6.45) is 0.542. The molecule has 1 atom stereocenters. The molecule has 0 fully saturated rings. The lowest BCUT2D eigenvalue weighted by Gasteiger charge is -2.12. The summed E-state index contributed by atoms with van der Waals surface area (Å²) in [5, 5.41) is 0. The van der Waals surface area contributed by atoms with Crippen LogP contribution in [0.15, 0.2) is 12.1 Å². The number of aryl methyl sites for hydroxylation is 1. The van der Waals surface area contributed by atoms with E-state index in [1.165, 1.54) is 11.1 Å². The quantitative estimate of drug-likeness (QED) is 0.791. The third-order valence-corrected chi connectivity index (χ3v) is 3.29. The van der Waals surface area contributed by atoms with Crippen LogP contribution >= 0.6 is 0 Å². The Bertz CT molecular complexity index is 396. The van der Waals surface area contributed by atoms with Gasteiger partial charge in [-0.05, 0) is 49.9 Å². The predicted octanol–water partition coefficient (Wildman–Crippen LogP) is 2.78. The predicted molar refractivity (Wildman–Crippen MR) is 67.8 cm³/mol. The number of carbonyl (C=O) groups is 1. The van der Waals surface area contributed by atoms with Crippen LogP contribution in [0, 0.1) is 26.7 Å². The first-order valence-electron chi connectivity index (χ1n) is 5.77. The molecule has 2 N–H and O–H groups in total. The molecule has 0 radical (unpaired) electrons. The summed E-state index contributed by atoms with van der Waals surface area (Å²) >= 11 is 0. The van der Waals surface area contributed by atoms with Crippen molar-refractivity contribution in [2.24, 2.45) is 11.7 Å². The number of benzene rings is 1. The van der Waals surface area contributed by atoms with Gasteiger partial charge < -0.3 is 5.73 Å². The van der Waals surface area contributed by atoms with E-state index in [4.69, 9.17) is 5.73 Å². The smallest absolute Gasteiger partial charge is 0.163 e. The van der Waals surface area contributed by atoms with E-state index < -0.39 is 0 Å². The molecule has 0 amide bonds. The molecule has 2 nitrogen and oxygen atoms in total. The van der Waals surface area contributed by atoms with Crippen molar-refractivity contribution >= 4 is 5.78 Å². The number of hydrogen-bond donors (Lipinski definition) is 1. The van der Waals surface area contributed by atoms with E-state index in [1.807, 2.05) is 26.0 Å². The average Bonchev–Trinajstić information content (AvgIpc) is 2.25. The molecule has 0 bridgehead atoms. The number of hydrogen-bond acceptors (Lipinski definition) is 2. The van der Waals surface area contributed by atoms with Gasteiger partial charge in [0.05, 0.1) is 0 Å². The number of ketones is 1. The molecule has 1 unspecified atom stereocenters. The summed E-state index contributed by atoms with van der Waals surface area (Å²) in [7, 11) is 0. The molecular weight excluding hydrogens is 198 g/mol. The first-order valence-corrected chi connectivity index (χ1v) is 5.77. The second kappa shape index (κ2) is 5.26. The normalized spacial score (nSPS) is 12.6. The molecule has 0 heterocycles. The van der Waals surface area contributed by atoms with Gasteiger partial charge in [-0.3, -0.25) is 4.79 Å². The van der Waals surface area contributed by atoms with Gasteiger partial charge >= 0.3 is 0 Å². The SMILES string of the molecule is Cc1ccc(C(=O)CC(C)CN)c(C)c1C. The minimum atomic E-state index is 0.207. The third-order valence-electron chi connectivity index (χ3n) is 3.29. The summed E-state index contributed by atoms with van der Waals surface area (Å²) in [5.74, 6) is 0.465. The van der Waals surface area contributed by atoms with Gasteiger partial charge in [-0.15, -0.1) is 0 Å². The van der Waals surface area contributed by atoms with Crippen LogP contribution in [0.5, 0.6) is 0 Å². The van der Waals surface area contributed by atoms with Crippen molar-refractivity contribution in [1.82, 2.24) is 0 Å². The van der Waals surface area contributed by atoms with Crippen LogP contribution in [0.1, 0.15) is 40.4 Å². The van der Waals surface area contributed by atoms with Gasteiger partial charge in [-0.2, -0.15) is 0 Å². The van der Waals surface area contributed by atoms with Gasteiger partial charge in [0.25, 0.3) is 0 Å². The largest absolute Gasteiger partial charge is 0.330 e. The van der Waals surface area contributed by atoms with Gasteiger partial charge in [0.2, 0.25) is 0 Å². The van der Waals surface area contributed by atoms with E-state index in [-0.39, 0.29) is 11.7 Å². The summed E-state index contributed by atoms with van der Waals surface area (Å²) in [6.45, 7) is 8.72. The Labute approximate surface area is 97.9 Å². The standard InChI is InChI=1S/C14H21NO/c1-9(8-15)7-14(16)13-6-5-10(2)11(3)12(13)4/h5-6,9H,7-8,15H2,1-4H3. The first kappa shape index (κ1) is 12.9. The number of rotatable bonds is 4. The molecule has 1 aromatic rings. The minimum Gasteiger partial charge on any atom is -0.330 e. The highest BCUT2D eigenvalue weighted by atomic mass is 16.1. The van der Waals surface area contributed by atoms with Gasteiger partial charge in [0.15, 0.2) is 5.78 Å². The fourth-order valence-corrected chi connectivity index (χ4v) is 1.77. The lowest BCUT2D eigenvalue weighted by atomic mass is 9.92. The molecule has 0 spiro atoms. The van der Waals surface area contributed by atoms with E-state index in [9.17, 15) is 4.79 Å². The summed E-state index contributed by atoms with van der Waals surface area (Å²) in [4.78, 5) is 12.0. The van der Waals surface area contributed by atoms with Gasteiger partial charge in [0, 0.05) is 12.0 Å². The highest BCUT2D eigenvalue weighted by Gasteiger charge is 2.14. The van der Waals surface area contributed by atoms with Crippen molar-refractivity contribution in [3.8, 4) is 0 Å². The van der Waals surface area contributed by atoms with E-state index in [1.54, 1.807) is 0 Å². The average molecular weight is 219 g/mol. The van der Waals surface area contributed by atoms with Gasteiger partial charge in [0.1, 0.15) is 0 Å². The zero-order valence-electron chi connectivity index (χ0n) is 10.6. The van der Waals surface area contributed by atoms with Crippen molar-refractivity contribution < 1.29 is 4.79 Å². The van der Waals surface area contributed by atoms with Crippen LogP contribution in [-0.2, 0) is 0 Å². The number of nitrogens with two attached hydrogens (primary N) is 1. The van der Waals surface area contributed by atoms with E-state index in [0.717, 1.165) is 11.1 Å². The Morgan fingerprint density at radius 1 is 1.25 bits per heavy atom. The zero-order valence-corrected chi connectivity index (χ0v) is 10.6. The Morgan fingerprint density at radius 2 is 1.88 bits per heavy atom. The second-order valence-electron chi connectivity index (χ2n) is 4.65. The summed E-state index contributed by atoms with van der Waals surface area (Å²) in [6, 6.07) is 3.95. The van der Waals surface area contributed by atoms with Crippen molar-refractivity contribution in [2.75, 3.05) is 6.54 Å². The molecule has 0 aliphatic rings. The van der Waals surface area contributed by atoms with Crippen LogP contribution in [-0.4, -0.2) is 12.3 Å². The second-order valence-corrected chi connectivity index (χ2v) is 4.65. The van der Waals surface area contributed by atoms with Crippen molar-refractivity contribution in [3.63, 3.8) is 0 Å². The molecule has 2 heteroatoms. The Morgan fingerprint density at radius 3 is 2.44 bits per heavy atom. The Kier molecular flexibility index (Phi) is 4.25. The highest BCUT2D eigenvalue weighted by molar-refractivity contribution is 5.97. The lowest BCUT2D eigenvalue weighted by molar-refractivity contribution is 0.0965. The highest BCUT2D eigenvalue weighted by Crippen LogP contribution is 2.19. The fourth-order valence-electron chi connectivity index (χ4n) is 1.77. The number of carbonyl (C=O) groups excluding carboxylic acids is 1. The molecule has 1 rings (SSSR count). The fraction of sp³-hybridized carbons (Fsp3) is 0.500. The maximum Gasteiger partial charge on any atom is 0.163 e. The van der Waals surface area contributed by atoms with Crippen molar-refractivity contribution in [1.29, 1.82) is 0 Å². The first-order chi connectivity index (χ1) is 7.47. The van der Waals surface area contributed by atoms with Crippen molar-refractivity contribution in [3.05, 3.63) is 34.4 Å². The summed E-state index contributed by atoms with van der Waals surface area (Å²) in [5.41, 5.74) is 9.95. The molecule has 16 heavy (non-hydrogen) atoms. The molecule has 0 aliphatic carbocycles. The summed E-state index contributed by atoms with van der Waals surface area (Å²) < 4.78 is 0. The van der Waals surface area contributed by atoms with Gasteiger partial charge in [-0.25, -0.2) is 0 Å². The van der Waals surface area contributed by atoms with E-state index in [2.05, 4.69) is 13.8 Å². The topological polar surface area (TPSA) is 43.1 Å². The number of Topliss-reactive ketones (excluding diaryl/α,β-unsaturated/α-hetero) is 1. The zero-order chi connectivity index (χ0) is 12.3. The van der Waals surface area contributed by atoms with E-state index >= 15 is 0 Å². The molecule has 0 saturated heterocycles. The Hall–Kier alpha value is -1.15. The van der Waals surface area contributed by atoms with Crippen LogP contribution in [0.4, 0.5) is 0 Å². The van der Waals surface area contributed by atoms with Crippen molar-refractivity contribution in [2.45, 2.75) is 34.1 Å². The molecule has 0 saturated carbocycles. The molecule has 0 aromatic heterocycles. The molecule has 0 aliphatic heterocycles. The molecule has 88 valence electrons.